The molecule has 0 fully saturated rings. The van der Waals surface area contributed by atoms with E-state index in [1.54, 1.807) is 25.1 Å². The molecule has 0 aliphatic heterocycles. The van der Waals surface area contributed by atoms with Gasteiger partial charge in [0, 0.05) is 18.2 Å². The Kier molecular flexibility index (Phi) is 6.47. The van der Waals surface area contributed by atoms with E-state index in [1.165, 1.54) is 24.5 Å². The number of nitrogen functional groups attached to an aromatic ring is 1. The van der Waals surface area contributed by atoms with E-state index in [0.717, 1.165) is 6.07 Å². The van der Waals surface area contributed by atoms with E-state index in [2.05, 4.69) is 15.0 Å². The smallest absolute Gasteiger partial charge is 0.368 e. The van der Waals surface area contributed by atoms with Crippen molar-refractivity contribution in [1.82, 2.24) is 15.0 Å². The highest BCUT2D eigenvalue weighted by Crippen LogP contribution is 2.26. The summed E-state index contributed by atoms with van der Waals surface area (Å²) < 4.78 is 24.0. The van der Waals surface area contributed by atoms with Gasteiger partial charge in [-0.1, -0.05) is 6.92 Å². The fraction of sp³-hybridized carbons (Fsp3) is 0.143. The molecule has 2 N–H and O–H groups in total. The monoisotopic (exact) mass is 421 g/mol. The second-order valence-electron chi connectivity index (χ2n) is 6.25. The van der Waals surface area contributed by atoms with Crippen LogP contribution in [0.2, 0.25) is 0 Å². The molecule has 3 aromatic rings. The molecule has 0 amide bonds. The van der Waals surface area contributed by atoms with E-state index in [-0.39, 0.29) is 35.1 Å². The van der Waals surface area contributed by atoms with Crippen LogP contribution in [0.5, 0.6) is 11.6 Å². The van der Waals surface area contributed by atoms with Crippen molar-refractivity contribution in [3.8, 4) is 29.0 Å². The Balaban J connectivity index is 1.79. The predicted molar refractivity (Wildman–Crippen MR) is 106 cm³/mol. The SMILES string of the molecule is CCCC(=O)OC(=O)c1nc(-c2ccc(Oc3ncc(C#N)cc3F)cc2)cnc1N. The highest BCUT2D eigenvalue weighted by molar-refractivity contribution is 5.98. The third kappa shape index (κ3) is 5.16. The third-order valence-corrected chi connectivity index (χ3v) is 3.96. The van der Waals surface area contributed by atoms with Crippen LogP contribution in [0.25, 0.3) is 11.3 Å². The van der Waals surface area contributed by atoms with E-state index in [4.69, 9.17) is 20.5 Å². The standard InChI is InChI=1S/C21H16FN5O4/c1-2-3-17(28)31-21(29)18-19(24)25-11-16(27-18)13-4-6-14(7-5-13)30-20-15(22)8-12(9-23)10-26-20/h4-8,10-11H,2-3H2,1H3,(H2,24,25). The number of aromatic nitrogens is 3. The van der Waals surface area contributed by atoms with Crippen molar-refractivity contribution in [2.45, 2.75) is 19.8 Å². The molecular weight excluding hydrogens is 405 g/mol. The van der Waals surface area contributed by atoms with Crippen molar-refractivity contribution in [3.63, 3.8) is 0 Å². The van der Waals surface area contributed by atoms with Crippen LogP contribution >= 0.6 is 0 Å². The number of rotatable bonds is 6. The lowest BCUT2D eigenvalue weighted by molar-refractivity contribution is -0.138. The lowest BCUT2D eigenvalue weighted by Crippen LogP contribution is -2.16. The van der Waals surface area contributed by atoms with Crippen LogP contribution in [0.1, 0.15) is 35.8 Å². The molecule has 0 radical (unpaired) electrons. The molecule has 0 aliphatic carbocycles. The lowest BCUT2D eigenvalue weighted by Gasteiger charge is -2.08. The molecule has 2 heterocycles. The van der Waals surface area contributed by atoms with Crippen LogP contribution < -0.4 is 10.5 Å². The van der Waals surface area contributed by atoms with E-state index in [0.29, 0.717) is 17.7 Å². The number of anilines is 1. The zero-order valence-electron chi connectivity index (χ0n) is 16.3. The van der Waals surface area contributed by atoms with Gasteiger partial charge < -0.3 is 15.2 Å². The number of hydrogen-bond donors (Lipinski definition) is 1. The predicted octanol–water partition coefficient (Wildman–Crippen LogP) is 3.41. The van der Waals surface area contributed by atoms with Crippen molar-refractivity contribution in [1.29, 1.82) is 5.26 Å². The molecule has 156 valence electrons. The third-order valence-electron chi connectivity index (χ3n) is 3.96. The molecular formula is C21H16FN5O4. The minimum absolute atomic E-state index is 0.0767. The fourth-order valence-corrected chi connectivity index (χ4v) is 2.46. The molecule has 0 aliphatic rings. The van der Waals surface area contributed by atoms with Crippen molar-refractivity contribution < 1.29 is 23.5 Å². The quantitative estimate of drug-likeness (QED) is 0.468. The number of carbonyl (C=O) groups excluding carboxylic acids is 2. The number of pyridine rings is 1. The fourth-order valence-electron chi connectivity index (χ4n) is 2.46. The molecule has 0 spiro atoms. The zero-order valence-corrected chi connectivity index (χ0v) is 16.3. The van der Waals surface area contributed by atoms with Crippen molar-refractivity contribution in [2.75, 3.05) is 5.73 Å². The average molecular weight is 421 g/mol. The zero-order chi connectivity index (χ0) is 22.4. The summed E-state index contributed by atoms with van der Waals surface area (Å²) in [4.78, 5) is 35.6. The van der Waals surface area contributed by atoms with Crippen LogP contribution in [0.4, 0.5) is 10.2 Å². The Hall–Kier alpha value is -4.39. The second kappa shape index (κ2) is 9.41. The Morgan fingerprint density at radius 2 is 1.94 bits per heavy atom. The molecule has 31 heavy (non-hydrogen) atoms. The van der Waals surface area contributed by atoms with Gasteiger partial charge in [-0.05, 0) is 36.8 Å². The number of esters is 2. The minimum atomic E-state index is -0.979. The number of carbonyl (C=O) groups is 2. The summed E-state index contributed by atoms with van der Waals surface area (Å²) in [6.45, 7) is 1.78. The number of nitrogens with two attached hydrogens (primary N) is 1. The van der Waals surface area contributed by atoms with Crippen LogP contribution in [-0.4, -0.2) is 26.9 Å². The van der Waals surface area contributed by atoms with Crippen LogP contribution in [-0.2, 0) is 9.53 Å². The Bertz CT molecular complexity index is 1180. The summed E-state index contributed by atoms with van der Waals surface area (Å²) in [5.41, 5.74) is 6.36. The number of hydrogen-bond acceptors (Lipinski definition) is 9. The summed E-state index contributed by atoms with van der Waals surface area (Å²) in [5, 5.41) is 8.76. The van der Waals surface area contributed by atoms with Gasteiger partial charge in [-0.2, -0.15) is 5.26 Å². The second-order valence-corrected chi connectivity index (χ2v) is 6.25. The summed E-state index contributed by atoms with van der Waals surface area (Å²) in [6, 6.07) is 9.09. The molecule has 0 atom stereocenters. The molecule has 9 nitrogen and oxygen atoms in total. The largest absolute Gasteiger partial charge is 0.436 e. The Labute approximate surface area is 176 Å². The lowest BCUT2D eigenvalue weighted by atomic mass is 10.1. The average Bonchev–Trinajstić information content (AvgIpc) is 2.76. The maximum Gasteiger partial charge on any atom is 0.368 e. The number of halogens is 1. The van der Waals surface area contributed by atoms with Crippen molar-refractivity contribution in [3.05, 3.63) is 59.8 Å². The van der Waals surface area contributed by atoms with E-state index in [1.807, 2.05) is 0 Å². The van der Waals surface area contributed by atoms with Crippen LogP contribution in [0, 0.1) is 17.1 Å². The van der Waals surface area contributed by atoms with E-state index in [9.17, 15) is 14.0 Å². The van der Waals surface area contributed by atoms with Gasteiger partial charge in [0.25, 0.3) is 5.88 Å². The molecule has 0 saturated heterocycles. The first-order valence-corrected chi connectivity index (χ1v) is 9.12. The van der Waals surface area contributed by atoms with Gasteiger partial charge in [-0.3, -0.25) is 4.79 Å². The maximum atomic E-state index is 13.9. The van der Waals surface area contributed by atoms with Gasteiger partial charge >= 0.3 is 11.9 Å². The summed E-state index contributed by atoms with van der Waals surface area (Å²) in [6.07, 6.45) is 3.18. The number of nitriles is 1. The van der Waals surface area contributed by atoms with Gasteiger partial charge in [0.1, 0.15) is 11.8 Å². The first kappa shape index (κ1) is 21.3. The minimum Gasteiger partial charge on any atom is -0.436 e. The summed E-state index contributed by atoms with van der Waals surface area (Å²) in [5.74, 6) is -2.58. The Morgan fingerprint density at radius 3 is 2.58 bits per heavy atom. The maximum absolute atomic E-state index is 13.9. The molecule has 1 aromatic carbocycles. The molecule has 2 aromatic heterocycles. The number of nitrogens with zero attached hydrogens (tertiary/aromatic N) is 4. The van der Waals surface area contributed by atoms with Crippen LogP contribution in [0.15, 0.2) is 42.7 Å². The molecule has 0 unspecified atom stereocenters. The summed E-state index contributed by atoms with van der Waals surface area (Å²) in [7, 11) is 0. The highest BCUT2D eigenvalue weighted by atomic mass is 19.1. The van der Waals surface area contributed by atoms with Gasteiger partial charge in [0.05, 0.1) is 17.5 Å². The molecule has 0 bridgehead atoms. The highest BCUT2D eigenvalue weighted by Gasteiger charge is 2.19. The number of ether oxygens (including phenoxy) is 2. The first-order chi connectivity index (χ1) is 14.9. The molecule has 0 saturated carbocycles. The van der Waals surface area contributed by atoms with Gasteiger partial charge in [-0.25, -0.2) is 24.1 Å². The summed E-state index contributed by atoms with van der Waals surface area (Å²) >= 11 is 0. The normalized spacial score (nSPS) is 10.2. The van der Waals surface area contributed by atoms with Gasteiger partial charge in [0.2, 0.25) is 0 Å². The van der Waals surface area contributed by atoms with Crippen molar-refractivity contribution in [2.24, 2.45) is 0 Å². The van der Waals surface area contributed by atoms with Crippen molar-refractivity contribution >= 4 is 17.8 Å². The van der Waals surface area contributed by atoms with E-state index >= 15 is 0 Å². The Morgan fingerprint density at radius 1 is 1.19 bits per heavy atom. The van der Waals surface area contributed by atoms with E-state index < -0.39 is 17.8 Å². The molecule has 10 heteroatoms. The van der Waals surface area contributed by atoms with Crippen LogP contribution in [0.3, 0.4) is 0 Å². The first-order valence-electron chi connectivity index (χ1n) is 9.12. The number of benzene rings is 1. The van der Waals surface area contributed by atoms with Gasteiger partial charge in [0.15, 0.2) is 17.3 Å². The van der Waals surface area contributed by atoms with Gasteiger partial charge in [-0.15, -0.1) is 0 Å². The molecule has 3 rings (SSSR count). The topological polar surface area (TPSA) is 141 Å².